The fourth-order valence-corrected chi connectivity index (χ4v) is 2.38. The van der Waals surface area contributed by atoms with Crippen molar-refractivity contribution >= 4 is 5.97 Å². The van der Waals surface area contributed by atoms with Crippen molar-refractivity contribution in [2.24, 2.45) is 11.8 Å². The van der Waals surface area contributed by atoms with Gasteiger partial charge in [-0.05, 0) is 32.7 Å². The molecule has 0 aromatic heterocycles. The summed E-state index contributed by atoms with van der Waals surface area (Å²) >= 11 is 0. The molecular weight excluding hydrogens is 206 g/mol. The van der Waals surface area contributed by atoms with Crippen LogP contribution in [0.15, 0.2) is 0 Å². The van der Waals surface area contributed by atoms with Crippen LogP contribution in [0.5, 0.6) is 0 Å². The SMILES string of the molecule is CC1CC(C(=O)OCC2CCOC2)CCN1. The molecule has 0 bridgehead atoms. The van der Waals surface area contributed by atoms with Gasteiger partial charge in [0.2, 0.25) is 0 Å². The van der Waals surface area contributed by atoms with Gasteiger partial charge in [0.05, 0.1) is 19.1 Å². The molecule has 92 valence electrons. The van der Waals surface area contributed by atoms with Gasteiger partial charge < -0.3 is 14.8 Å². The number of nitrogens with one attached hydrogen (secondary N) is 1. The molecule has 0 saturated carbocycles. The average Bonchev–Trinajstić information content (AvgIpc) is 2.78. The normalized spacial score (nSPS) is 34.9. The molecule has 0 radical (unpaired) electrons. The molecule has 2 heterocycles. The molecule has 2 aliphatic rings. The molecule has 2 rings (SSSR count). The standard InChI is InChI=1S/C12H21NO3/c1-9-6-11(2-4-13-9)12(14)16-8-10-3-5-15-7-10/h9-11,13H,2-8H2,1H3. The van der Waals surface area contributed by atoms with Gasteiger partial charge in [0.1, 0.15) is 0 Å². The van der Waals surface area contributed by atoms with Crippen LogP contribution in [0.3, 0.4) is 0 Å². The Morgan fingerprint density at radius 3 is 3.06 bits per heavy atom. The lowest BCUT2D eigenvalue weighted by Crippen LogP contribution is -2.39. The average molecular weight is 227 g/mol. The molecule has 0 aromatic carbocycles. The molecule has 2 fully saturated rings. The number of esters is 1. The largest absolute Gasteiger partial charge is 0.465 e. The maximum Gasteiger partial charge on any atom is 0.309 e. The first-order valence-corrected chi connectivity index (χ1v) is 6.23. The summed E-state index contributed by atoms with van der Waals surface area (Å²) in [5.74, 6) is 0.502. The summed E-state index contributed by atoms with van der Waals surface area (Å²) in [6.07, 6.45) is 2.83. The molecular formula is C12H21NO3. The summed E-state index contributed by atoms with van der Waals surface area (Å²) in [7, 11) is 0. The van der Waals surface area contributed by atoms with Gasteiger partial charge in [-0.15, -0.1) is 0 Å². The Labute approximate surface area is 96.7 Å². The van der Waals surface area contributed by atoms with Crippen molar-refractivity contribution in [1.82, 2.24) is 5.32 Å². The highest BCUT2D eigenvalue weighted by Crippen LogP contribution is 2.19. The van der Waals surface area contributed by atoms with E-state index in [0.717, 1.165) is 39.0 Å². The third-order valence-electron chi connectivity index (χ3n) is 3.44. The first-order valence-electron chi connectivity index (χ1n) is 6.23. The van der Waals surface area contributed by atoms with Gasteiger partial charge in [-0.25, -0.2) is 0 Å². The van der Waals surface area contributed by atoms with Crippen molar-refractivity contribution in [3.8, 4) is 0 Å². The third kappa shape index (κ3) is 3.19. The van der Waals surface area contributed by atoms with E-state index in [1.165, 1.54) is 0 Å². The number of piperidine rings is 1. The minimum absolute atomic E-state index is 0.0137. The Bertz CT molecular complexity index is 238. The molecule has 1 N–H and O–H groups in total. The fourth-order valence-electron chi connectivity index (χ4n) is 2.38. The third-order valence-corrected chi connectivity index (χ3v) is 3.44. The minimum Gasteiger partial charge on any atom is -0.465 e. The van der Waals surface area contributed by atoms with Crippen LogP contribution in [0.25, 0.3) is 0 Å². The zero-order valence-electron chi connectivity index (χ0n) is 9.91. The molecule has 4 heteroatoms. The summed E-state index contributed by atoms with van der Waals surface area (Å²) in [6.45, 7) is 5.14. The molecule has 0 spiro atoms. The molecule has 3 unspecified atom stereocenters. The molecule has 2 aliphatic heterocycles. The number of ether oxygens (including phenoxy) is 2. The van der Waals surface area contributed by atoms with E-state index < -0.39 is 0 Å². The zero-order chi connectivity index (χ0) is 11.4. The number of carbonyl (C=O) groups excluding carboxylic acids is 1. The Balaban J connectivity index is 1.70. The number of hydrogen-bond acceptors (Lipinski definition) is 4. The van der Waals surface area contributed by atoms with Crippen LogP contribution in [0, 0.1) is 11.8 Å². The molecule has 0 aromatic rings. The van der Waals surface area contributed by atoms with Gasteiger partial charge >= 0.3 is 5.97 Å². The lowest BCUT2D eigenvalue weighted by Gasteiger charge is -2.26. The fraction of sp³-hybridized carbons (Fsp3) is 0.917. The summed E-state index contributed by atoms with van der Waals surface area (Å²) in [6, 6.07) is 0.432. The van der Waals surface area contributed by atoms with E-state index in [2.05, 4.69) is 12.2 Å². The van der Waals surface area contributed by atoms with Crippen molar-refractivity contribution in [2.75, 3.05) is 26.4 Å². The first-order chi connectivity index (χ1) is 7.75. The summed E-state index contributed by atoms with van der Waals surface area (Å²) in [5, 5.41) is 3.34. The van der Waals surface area contributed by atoms with Gasteiger partial charge in [-0.2, -0.15) is 0 Å². The lowest BCUT2D eigenvalue weighted by molar-refractivity contribution is -0.151. The Kier molecular flexibility index (Phi) is 4.18. The second-order valence-corrected chi connectivity index (χ2v) is 4.94. The maximum atomic E-state index is 11.8. The quantitative estimate of drug-likeness (QED) is 0.729. The zero-order valence-corrected chi connectivity index (χ0v) is 9.91. The van der Waals surface area contributed by atoms with Crippen molar-refractivity contribution in [3.05, 3.63) is 0 Å². The number of rotatable bonds is 3. The summed E-state index contributed by atoms with van der Waals surface area (Å²) < 4.78 is 10.6. The van der Waals surface area contributed by atoms with E-state index in [9.17, 15) is 4.79 Å². The van der Waals surface area contributed by atoms with Gasteiger partial charge in [-0.3, -0.25) is 4.79 Å². The van der Waals surface area contributed by atoms with Crippen molar-refractivity contribution in [3.63, 3.8) is 0 Å². The number of carbonyl (C=O) groups is 1. The molecule has 4 nitrogen and oxygen atoms in total. The minimum atomic E-state index is -0.0137. The highest BCUT2D eigenvalue weighted by atomic mass is 16.5. The van der Waals surface area contributed by atoms with E-state index in [-0.39, 0.29) is 11.9 Å². The van der Waals surface area contributed by atoms with Crippen LogP contribution in [-0.2, 0) is 14.3 Å². The number of hydrogen-bond donors (Lipinski definition) is 1. The van der Waals surface area contributed by atoms with Crippen LogP contribution in [0.1, 0.15) is 26.2 Å². The van der Waals surface area contributed by atoms with E-state index >= 15 is 0 Å². The second-order valence-electron chi connectivity index (χ2n) is 4.94. The van der Waals surface area contributed by atoms with E-state index in [0.29, 0.717) is 18.6 Å². The van der Waals surface area contributed by atoms with Crippen LogP contribution in [0.2, 0.25) is 0 Å². The van der Waals surface area contributed by atoms with Crippen molar-refractivity contribution in [1.29, 1.82) is 0 Å². The highest BCUT2D eigenvalue weighted by molar-refractivity contribution is 5.72. The van der Waals surface area contributed by atoms with E-state index in [4.69, 9.17) is 9.47 Å². The van der Waals surface area contributed by atoms with Crippen LogP contribution in [0.4, 0.5) is 0 Å². The molecule has 0 aliphatic carbocycles. The van der Waals surface area contributed by atoms with Crippen molar-refractivity contribution in [2.45, 2.75) is 32.2 Å². The first kappa shape index (κ1) is 11.9. The summed E-state index contributed by atoms with van der Waals surface area (Å²) in [5.41, 5.74) is 0. The molecule has 2 saturated heterocycles. The molecule has 0 amide bonds. The maximum absolute atomic E-state index is 11.8. The van der Waals surface area contributed by atoms with Gasteiger partial charge in [0.25, 0.3) is 0 Å². The smallest absolute Gasteiger partial charge is 0.309 e. The highest BCUT2D eigenvalue weighted by Gasteiger charge is 2.27. The van der Waals surface area contributed by atoms with E-state index in [1.807, 2.05) is 0 Å². The topological polar surface area (TPSA) is 47.6 Å². The Hall–Kier alpha value is -0.610. The van der Waals surface area contributed by atoms with Crippen LogP contribution in [-0.4, -0.2) is 38.4 Å². The van der Waals surface area contributed by atoms with Gasteiger partial charge in [0, 0.05) is 18.6 Å². The van der Waals surface area contributed by atoms with E-state index in [1.54, 1.807) is 0 Å². The van der Waals surface area contributed by atoms with Gasteiger partial charge in [0.15, 0.2) is 0 Å². The van der Waals surface area contributed by atoms with Crippen LogP contribution >= 0.6 is 0 Å². The summed E-state index contributed by atoms with van der Waals surface area (Å²) in [4.78, 5) is 11.8. The monoisotopic (exact) mass is 227 g/mol. The predicted octanol–water partition coefficient (Wildman–Crippen LogP) is 0.954. The lowest BCUT2D eigenvalue weighted by atomic mass is 9.93. The predicted molar refractivity (Wildman–Crippen MR) is 60.1 cm³/mol. The molecule has 3 atom stereocenters. The van der Waals surface area contributed by atoms with Crippen molar-refractivity contribution < 1.29 is 14.3 Å². The Morgan fingerprint density at radius 1 is 1.50 bits per heavy atom. The molecule has 16 heavy (non-hydrogen) atoms. The van der Waals surface area contributed by atoms with Gasteiger partial charge in [-0.1, -0.05) is 0 Å². The van der Waals surface area contributed by atoms with Crippen LogP contribution < -0.4 is 5.32 Å². The second kappa shape index (κ2) is 5.64. The Morgan fingerprint density at radius 2 is 2.38 bits per heavy atom.